The van der Waals surface area contributed by atoms with E-state index in [1.54, 1.807) is 11.8 Å². The Labute approximate surface area is 191 Å². The van der Waals surface area contributed by atoms with Gasteiger partial charge in [0.1, 0.15) is 17.8 Å². The van der Waals surface area contributed by atoms with Gasteiger partial charge in [0, 0.05) is 17.4 Å². The van der Waals surface area contributed by atoms with Crippen LogP contribution in [0.15, 0.2) is 84.3 Å². The number of hydrogen-bond donors (Lipinski definition) is 2. The predicted octanol–water partition coefficient (Wildman–Crippen LogP) is 5.75. The number of ether oxygens (including phenoxy) is 1. The first-order chi connectivity index (χ1) is 15.7. The molecule has 0 bridgehead atoms. The molecule has 2 N–H and O–H groups in total. The van der Waals surface area contributed by atoms with Gasteiger partial charge in [-0.2, -0.15) is 5.10 Å². The summed E-state index contributed by atoms with van der Waals surface area (Å²) in [4.78, 5) is 21.3. The van der Waals surface area contributed by atoms with Gasteiger partial charge in [0.05, 0.1) is 10.2 Å². The number of thiazole rings is 1. The molecule has 0 aliphatic rings. The molecule has 2 heterocycles. The Bertz CT molecular complexity index is 1340. The Morgan fingerprint density at radius 1 is 1.03 bits per heavy atom. The topological polar surface area (TPSA) is 92.8 Å². The van der Waals surface area contributed by atoms with Crippen LogP contribution in [0.5, 0.6) is 11.5 Å². The SMILES string of the molecule is O=C(Nc1nc2ccc(Oc3ccccc3)cc2s1)c1ccc(CSc2ncn[nH]2)cc1. The highest BCUT2D eigenvalue weighted by atomic mass is 32.2. The van der Waals surface area contributed by atoms with E-state index in [0.29, 0.717) is 10.7 Å². The molecule has 0 aliphatic heterocycles. The lowest BCUT2D eigenvalue weighted by Gasteiger charge is -2.04. The van der Waals surface area contributed by atoms with E-state index in [0.717, 1.165) is 38.2 Å². The number of carbonyl (C=O) groups excluding carboxylic acids is 1. The van der Waals surface area contributed by atoms with Gasteiger partial charge in [-0.25, -0.2) is 9.97 Å². The van der Waals surface area contributed by atoms with Crippen molar-refractivity contribution in [1.29, 1.82) is 0 Å². The number of hydrogen-bond acceptors (Lipinski definition) is 7. The van der Waals surface area contributed by atoms with E-state index >= 15 is 0 Å². The average Bonchev–Trinajstić information content (AvgIpc) is 3.48. The van der Waals surface area contributed by atoms with Crippen molar-refractivity contribution in [2.24, 2.45) is 0 Å². The van der Waals surface area contributed by atoms with E-state index in [-0.39, 0.29) is 5.91 Å². The van der Waals surface area contributed by atoms with Gasteiger partial charge in [0.15, 0.2) is 10.3 Å². The van der Waals surface area contributed by atoms with E-state index in [4.69, 9.17) is 4.74 Å². The minimum absolute atomic E-state index is 0.195. The Morgan fingerprint density at radius 2 is 1.88 bits per heavy atom. The molecular weight excluding hydrogens is 442 g/mol. The zero-order valence-electron chi connectivity index (χ0n) is 16.7. The maximum absolute atomic E-state index is 12.7. The number of benzene rings is 3. The Balaban J connectivity index is 1.24. The van der Waals surface area contributed by atoms with Crippen LogP contribution in [-0.4, -0.2) is 26.1 Å². The van der Waals surface area contributed by atoms with Gasteiger partial charge in [0.25, 0.3) is 5.91 Å². The molecule has 32 heavy (non-hydrogen) atoms. The van der Waals surface area contributed by atoms with Gasteiger partial charge in [-0.3, -0.25) is 15.2 Å². The van der Waals surface area contributed by atoms with Crippen LogP contribution in [0.2, 0.25) is 0 Å². The molecule has 2 aromatic heterocycles. The second kappa shape index (κ2) is 9.21. The van der Waals surface area contributed by atoms with E-state index in [1.807, 2.05) is 72.8 Å². The number of aromatic nitrogens is 4. The molecule has 0 aliphatic carbocycles. The summed E-state index contributed by atoms with van der Waals surface area (Å²) in [7, 11) is 0. The number of rotatable bonds is 7. The van der Waals surface area contributed by atoms with Crippen molar-refractivity contribution in [3.63, 3.8) is 0 Å². The summed E-state index contributed by atoms with van der Waals surface area (Å²) in [5.41, 5.74) is 2.48. The summed E-state index contributed by atoms with van der Waals surface area (Å²) in [6.07, 6.45) is 1.48. The number of para-hydroxylation sites is 1. The molecule has 0 unspecified atom stereocenters. The largest absolute Gasteiger partial charge is 0.457 e. The van der Waals surface area contributed by atoms with Crippen LogP contribution in [-0.2, 0) is 5.75 Å². The third-order valence-corrected chi connectivity index (χ3v) is 6.43. The normalized spacial score (nSPS) is 10.9. The molecule has 158 valence electrons. The number of nitrogens with zero attached hydrogens (tertiary/aromatic N) is 3. The standard InChI is InChI=1S/C23H17N5O2S2/c29-21(16-8-6-15(7-9-16)13-31-22-24-14-25-28-22)27-23-26-19-11-10-18(12-20(19)32-23)30-17-4-2-1-3-5-17/h1-12,14H,13H2,(H,24,25,28)(H,26,27,29). The molecule has 7 nitrogen and oxygen atoms in total. The molecule has 9 heteroatoms. The number of carbonyl (C=O) groups is 1. The van der Waals surface area contributed by atoms with Gasteiger partial charge < -0.3 is 4.74 Å². The molecule has 5 rings (SSSR count). The second-order valence-electron chi connectivity index (χ2n) is 6.79. The van der Waals surface area contributed by atoms with E-state index in [2.05, 4.69) is 25.5 Å². The maximum Gasteiger partial charge on any atom is 0.257 e. The second-order valence-corrected chi connectivity index (χ2v) is 8.79. The molecular formula is C23H17N5O2S2. The van der Waals surface area contributed by atoms with Crippen molar-refractivity contribution in [3.8, 4) is 11.5 Å². The molecule has 3 aromatic carbocycles. The van der Waals surface area contributed by atoms with Crippen molar-refractivity contribution >= 4 is 44.4 Å². The molecule has 0 radical (unpaired) electrons. The van der Waals surface area contributed by atoms with E-state index in [9.17, 15) is 4.79 Å². The summed E-state index contributed by atoms with van der Waals surface area (Å²) < 4.78 is 6.82. The van der Waals surface area contributed by atoms with E-state index in [1.165, 1.54) is 17.7 Å². The molecule has 0 spiro atoms. The van der Waals surface area contributed by atoms with Crippen LogP contribution < -0.4 is 10.1 Å². The number of amides is 1. The Morgan fingerprint density at radius 3 is 2.66 bits per heavy atom. The lowest BCUT2D eigenvalue weighted by Crippen LogP contribution is -2.11. The molecule has 5 aromatic rings. The van der Waals surface area contributed by atoms with Crippen LogP contribution in [0, 0.1) is 0 Å². The molecule has 0 atom stereocenters. The summed E-state index contributed by atoms with van der Waals surface area (Å²) in [6, 6.07) is 22.8. The maximum atomic E-state index is 12.7. The van der Waals surface area contributed by atoms with Crippen LogP contribution in [0.4, 0.5) is 5.13 Å². The van der Waals surface area contributed by atoms with Crippen molar-refractivity contribution in [2.45, 2.75) is 10.9 Å². The number of nitrogens with one attached hydrogen (secondary N) is 2. The lowest BCUT2D eigenvalue weighted by molar-refractivity contribution is 0.102. The highest BCUT2D eigenvalue weighted by molar-refractivity contribution is 7.98. The van der Waals surface area contributed by atoms with Crippen molar-refractivity contribution in [1.82, 2.24) is 20.2 Å². The Hall–Kier alpha value is -3.69. The molecule has 1 amide bonds. The fourth-order valence-corrected chi connectivity index (χ4v) is 4.61. The molecule has 0 saturated heterocycles. The van der Waals surface area contributed by atoms with Crippen LogP contribution in [0.1, 0.15) is 15.9 Å². The molecule has 0 fully saturated rings. The fourth-order valence-electron chi connectivity index (χ4n) is 2.98. The zero-order valence-corrected chi connectivity index (χ0v) is 18.3. The summed E-state index contributed by atoms with van der Waals surface area (Å²) in [6.45, 7) is 0. The fraction of sp³-hybridized carbons (Fsp3) is 0.0435. The number of fused-ring (bicyclic) bond motifs is 1. The number of aromatic amines is 1. The van der Waals surface area contributed by atoms with Gasteiger partial charge in [-0.1, -0.05) is 53.4 Å². The van der Waals surface area contributed by atoms with Crippen molar-refractivity contribution < 1.29 is 9.53 Å². The van der Waals surface area contributed by atoms with Crippen molar-refractivity contribution in [2.75, 3.05) is 5.32 Å². The smallest absolute Gasteiger partial charge is 0.257 e. The van der Waals surface area contributed by atoms with E-state index < -0.39 is 0 Å². The van der Waals surface area contributed by atoms with Crippen LogP contribution >= 0.6 is 23.1 Å². The monoisotopic (exact) mass is 459 g/mol. The summed E-state index contributed by atoms with van der Waals surface area (Å²) in [5.74, 6) is 2.04. The van der Waals surface area contributed by atoms with Crippen LogP contribution in [0.25, 0.3) is 10.2 Å². The lowest BCUT2D eigenvalue weighted by atomic mass is 10.1. The first kappa shape index (κ1) is 20.2. The first-order valence-electron chi connectivity index (χ1n) is 9.75. The van der Waals surface area contributed by atoms with Gasteiger partial charge in [0.2, 0.25) is 0 Å². The summed E-state index contributed by atoms with van der Waals surface area (Å²) >= 11 is 2.96. The number of thioether (sulfide) groups is 1. The van der Waals surface area contributed by atoms with Gasteiger partial charge in [-0.15, -0.1) is 0 Å². The minimum atomic E-state index is -0.195. The Kier molecular flexibility index (Phi) is 5.82. The minimum Gasteiger partial charge on any atom is -0.457 e. The molecule has 0 saturated carbocycles. The van der Waals surface area contributed by atoms with Gasteiger partial charge >= 0.3 is 0 Å². The first-order valence-corrected chi connectivity index (χ1v) is 11.5. The predicted molar refractivity (Wildman–Crippen MR) is 126 cm³/mol. The van der Waals surface area contributed by atoms with Gasteiger partial charge in [-0.05, 0) is 42.0 Å². The zero-order chi connectivity index (χ0) is 21.8. The number of anilines is 1. The quantitative estimate of drug-likeness (QED) is 0.301. The highest BCUT2D eigenvalue weighted by Gasteiger charge is 2.11. The third-order valence-electron chi connectivity index (χ3n) is 4.54. The summed E-state index contributed by atoms with van der Waals surface area (Å²) in [5, 5.41) is 10.8. The van der Waals surface area contributed by atoms with Crippen molar-refractivity contribution in [3.05, 3.63) is 90.3 Å². The number of H-pyrrole nitrogens is 1. The van der Waals surface area contributed by atoms with Crippen LogP contribution in [0.3, 0.4) is 0 Å². The highest BCUT2D eigenvalue weighted by Crippen LogP contribution is 2.31. The average molecular weight is 460 g/mol. The third kappa shape index (κ3) is 4.79.